The van der Waals surface area contributed by atoms with E-state index in [4.69, 9.17) is 11.6 Å². The minimum Gasteiger partial charge on any atom is -0.870 e. The van der Waals surface area contributed by atoms with Crippen molar-refractivity contribution in [2.45, 2.75) is 19.9 Å². The molecule has 0 aliphatic rings. The molecular weight excluding hydrogens is 325 g/mol. The molecule has 0 aliphatic carbocycles. The van der Waals surface area contributed by atoms with Crippen LogP contribution in [-0.2, 0) is 4.79 Å². The van der Waals surface area contributed by atoms with Crippen molar-refractivity contribution < 1.29 is 29.1 Å². The van der Waals surface area contributed by atoms with Gasteiger partial charge in [-0.1, -0.05) is 29.6 Å². The molecule has 0 aromatic carbocycles. The van der Waals surface area contributed by atoms with E-state index >= 15 is 0 Å². The molecule has 0 atom stereocenters. The zero-order valence-electron chi connectivity index (χ0n) is 13.5. The van der Waals surface area contributed by atoms with E-state index in [1.807, 2.05) is 20.1 Å². The fourth-order valence-electron chi connectivity index (χ4n) is 2.15. The summed E-state index contributed by atoms with van der Waals surface area (Å²) in [6, 6.07) is 1.98. The summed E-state index contributed by atoms with van der Waals surface area (Å²) in [5, 5.41) is 7.94. The minimum absolute atomic E-state index is 0. The average molecular weight is 339 g/mol. The molecule has 0 radical (unpaired) electrons. The van der Waals surface area contributed by atoms with Crippen molar-refractivity contribution in [1.29, 1.82) is 0 Å². The minimum atomic E-state index is 0. The smallest absolute Gasteiger partial charge is 0.870 e. The second-order valence-corrected chi connectivity index (χ2v) is 5.55. The Morgan fingerprint density at radius 2 is 2.00 bits per heavy atom. The van der Waals surface area contributed by atoms with Crippen LogP contribution in [0.25, 0.3) is 16.9 Å². The van der Waals surface area contributed by atoms with Crippen LogP contribution in [0.1, 0.15) is 19.4 Å². The van der Waals surface area contributed by atoms with Crippen LogP contribution in [0.5, 0.6) is 0 Å². The summed E-state index contributed by atoms with van der Waals surface area (Å²) in [4.78, 5) is 19.6. The van der Waals surface area contributed by atoms with Gasteiger partial charge in [0.1, 0.15) is 0 Å². The molecule has 120 valence electrons. The number of fused-ring (bicyclic) bond motifs is 1. The van der Waals surface area contributed by atoms with Crippen molar-refractivity contribution in [3.63, 3.8) is 0 Å². The van der Waals surface area contributed by atoms with Gasteiger partial charge in [0.25, 0.3) is 0 Å². The summed E-state index contributed by atoms with van der Waals surface area (Å²) in [7, 11) is 0. The molecule has 0 amide bonds. The van der Waals surface area contributed by atoms with Crippen LogP contribution >= 0.6 is 11.6 Å². The molecule has 9 heteroatoms. The topological polar surface area (TPSA) is 102 Å². The largest absolute Gasteiger partial charge is 1.00 e. The third-order valence-electron chi connectivity index (χ3n) is 3.06. The maximum atomic E-state index is 11.0. The Morgan fingerprint density at radius 1 is 1.25 bits per heavy atom. The van der Waals surface area contributed by atoms with Crippen molar-refractivity contribution >= 4 is 29.2 Å². The Kier molecular flexibility index (Phi) is 6.93. The molecule has 2 N–H and O–H groups in total. The number of aromatic nitrogens is 4. The van der Waals surface area contributed by atoms with Crippen LogP contribution in [0.15, 0.2) is 30.9 Å². The third kappa shape index (κ3) is 3.94. The van der Waals surface area contributed by atoms with E-state index in [0.717, 1.165) is 5.56 Å². The van der Waals surface area contributed by atoms with E-state index in [0.29, 0.717) is 27.6 Å². The van der Waals surface area contributed by atoms with Crippen molar-refractivity contribution in [1.82, 2.24) is 19.6 Å². The standard InChI is InChI=1S/C15H13ClN5O.Li.H2O/c1-9(2)20-13-3-14(17-4-10(13)8-22)12-6-19-21-7-11(16)5-18-15(12)21;;/h3-7,9H,1-2H3,(H,17,20);;1H2/q-1;+1;/p-1. The average Bonchev–Trinajstić information content (AvgIpc) is 2.89. The monoisotopic (exact) mass is 338 g/mol. The molecular formula is C15H14ClLiN5O2-. The van der Waals surface area contributed by atoms with Crippen molar-refractivity contribution in [3.05, 3.63) is 41.4 Å². The Morgan fingerprint density at radius 3 is 2.67 bits per heavy atom. The number of carbonyl (C=O) groups excluding carboxylic acids is 1. The van der Waals surface area contributed by atoms with Gasteiger partial charge in [-0.25, -0.2) is 9.50 Å². The molecule has 3 rings (SSSR count). The fraction of sp³-hybridized carbons (Fsp3) is 0.200. The number of hydrogen-bond acceptors (Lipinski definition) is 6. The number of rotatable bonds is 4. The van der Waals surface area contributed by atoms with E-state index < -0.39 is 0 Å². The zero-order chi connectivity index (χ0) is 15.7. The van der Waals surface area contributed by atoms with Crippen molar-refractivity contribution in [3.8, 4) is 11.3 Å². The summed E-state index contributed by atoms with van der Waals surface area (Å²) < 4.78 is 1.59. The van der Waals surface area contributed by atoms with Crippen LogP contribution in [0.2, 0.25) is 5.02 Å². The van der Waals surface area contributed by atoms with Gasteiger partial charge in [-0.15, -0.1) is 5.56 Å². The summed E-state index contributed by atoms with van der Waals surface area (Å²) in [6.07, 6.45) is 8.29. The first kappa shape index (κ1) is 20.1. The summed E-state index contributed by atoms with van der Waals surface area (Å²) in [5.41, 5.74) is 3.16. The molecule has 24 heavy (non-hydrogen) atoms. The van der Waals surface area contributed by atoms with Gasteiger partial charge in [-0.2, -0.15) is 5.10 Å². The van der Waals surface area contributed by atoms with E-state index in [9.17, 15) is 4.79 Å². The van der Waals surface area contributed by atoms with Crippen LogP contribution in [0.3, 0.4) is 0 Å². The summed E-state index contributed by atoms with van der Waals surface area (Å²) in [5.74, 6) is 0. The quantitative estimate of drug-likeness (QED) is 0.510. The first-order valence-corrected chi connectivity index (χ1v) is 7.10. The van der Waals surface area contributed by atoms with Crippen molar-refractivity contribution in [2.75, 3.05) is 5.32 Å². The molecule has 3 aromatic heterocycles. The van der Waals surface area contributed by atoms with Gasteiger partial charge in [-0.05, 0) is 13.8 Å². The molecule has 0 fully saturated rings. The molecule has 0 saturated heterocycles. The molecule has 0 spiro atoms. The van der Waals surface area contributed by atoms with Gasteiger partial charge in [0.15, 0.2) is 5.65 Å². The first-order valence-electron chi connectivity index (χ1n) is 6.72. The molecule has 0 unspecified atom stereocenters. The van der Waals surface area contributed by atoms with Gasteiger partial charge in [0.05, 0.1) is 35.0 Å². The number of pyridine rings is 1. The van der Waals surface area contributed by atoms with E-state index in [2.05, 4.69) is 20.4 Å². The number of anilines is 1. The summed E-state index contributed by atoms with van der Waals surface area (Å²) >= 11 is 5.90. The van der Waals surface area contributed by atoms with Crippen LogP contribution < -0.4 is 24.2 Å². The molecule has 0 bridgehead atoms. The van der Waals surface area contributed by atoms with Crippen LogP contribution in [0.4, 0.5) is 5.69 Å². The number of hydrogen-bond donors (Lipinski definition) is 1. The first-order chi connectivity index (χ1) is 10.6. The second-order valence-electron chi connectivity index (χ2n) is 5.11. The number of nitrogens with zero attached hydrogens (tertiary/aromatic N) is 4. The van der Waals surface area contributed by atoms with Gasteiger partial charge in [-0.3, -0.25) is 0 Å². The predicted octanol–water partition coefficient (Wildman–Crippen LogP) is -0.450. The van der Waals surface area contributed by atoms with Crippen molar-refractivity contribution in [2.24, 2.45) is 0 Å². The molecule has 7 nitrogen and oxygen atoms in total. The van der Waals surface area contributed by atoms with Gasteiger partial charge in [0, 0.05) is 12.2 Å². The third-order valence-corrected chi connectivity index (χ3v) is 3.25. The molecule has 3 aromatic rings. The van der Waals surface area contributed by atoms with Gasteiger partial charge >= 0.3 is 18.9 Å². The second kappa shape index (κ2) is 8.26. The van der Waals surface area contributed by atoms with Gasteiger partial charge < -0.3 is 20.6 Å². The predicted molar refractivity (Wildman–Crippen MR) is 86.7 cm³/mol. The molecule has 3 heterocycles. The molecule has 0 aliphatic heterocycles. The fourth-order valence-corrected chi connectivity index (χ4v) is 2.29. The normalized spacial score (nSPS) is 10.2. The zero-order valence-corrected chi connectivity index (χ0v) is 14.2. The summed E-state index contributed by atoms with van der Waals surface area (Å²) in [6.45, 7) is 3.99. The van der Waals surface area contributed by atoms with E-state index in [1.165, 1.54) is 6.20 Å². The Hall–Kier alpha value is -1.91. The Bertz CT molecular complexity index is 853. The van der Waals surface area contributed by atoms with Gasteiger partial charge in [0.2, 0.25) is 0 Å². The maximum Gasteiger partial charge on any atom is 1.00 e. The maximum absolute atomic E-state index is 11.0. The Labute approximate surface area is 155 Å². The van der Waals surface area contributed by atoms with Crippen LogP contribution in [-0.4, -0.2) is 37.4 Å². The Balaban J connectivity index is 0.00000144. The number of halogens is 1. The molecule has 0 saturated carbocycles. The van der Waals surface area contributed by atoms with Crippen LogP contribution in [0, 0.1) is 0 Å². The SMILES string of the molecule is CC(C)Nc1cc(-c2cnn3cc(Cl)cnc23)ncc1[C-]=O.[Li+].[OH-]. The van der Waals surface area contributed by atoms with E-state index in [1.54, 1.807) is 29.2 Å². The number of nitrogens with one attached hydrogen (secondary N) is 1. The van der Waals surface area contributed by atoms with E-state index in [-0.39, 0.29) is 30.4 Å².